The molecule has 3 rings (SSSR count). The molecule has 0 spiro atoms. The number of fused-ring (bicyclic) bond motifs is 1. The van der Waals surface area contributed by atoms with Gasteiger partial charge in [0.2, 0.25) is 0 Å². The SMILES string of the molecule is CNc1ncnc2ccc(-c3cccc(Cl)c3)cc12. The van der Waals surface area contributed by atoms with Crippen LogP contribution in [0.5, 0.6) is 0 Å². The summed E-state index contributed by atoms with van der Waals surface area (Å²) in [4.78, 5) is 8.49. The van der Waals surface area contributed by atoms with Gasteiger partial charge < -0.3 is 5.32 Å². The first kappa shape index (κ1) is 11.9. The predicted octanol–water partition coefficient (Wildman–Crippen LogP) is 3.99. The van der Waals surface area contributed by atoms with Crippen molar-refractivity contribution in [1.82, 2.24) is 9.97 Å². The normalized spacial score (nSPS) is 10.6. The first-order chi connectivity index (χ1) is 9.28. The number of hydrogen-bond acceptors (Lipinski definition) is 3. The Morgan fingerprint density at radius 1 is 1.00 bits per heavy atom. The molecule has 0 saturated carbocycles. The fourth-order valence-corrected chi connectivity index (χ4v) is 2.29. The Labute approximate surface area is 116 Å². The van der Waals surface area contributed by atoms with Crippen molar-refractivity contribution >= 4 is 28.3 Å². The molecule has 0 fully saturated rings. The van der Waals surface area contributed by atoms with Crippen LogP contribution in [0.3, 0.4) is 0 Å². The van der Waals surface area contributed by atoms with E-state index < -0.39 is 0 Å². The zero-order valence-corrected chi connectivity index (χ0v) is 11.1. The molecule has 0 aliphatic rings. The van der Waals surface area contributed by atoms with E-state index in [1.807, 2.05) is 43.4 Å². The Morgan fingerprint density at radius 3 is 2.63 bits per heavy atom. The Balaban J connectivity index is 2.21. The monoisotopic (exact) mass is 269 g/mol. The van der Waals surface area contributed by atoms with Crippen molar-refractivity contribution in [2.75, 3.05) is 12.4 Å². The Kier molecular flexibility index (Phi) is 3.05. The van der Waals surface area contributed by atoms with Gasteiger partial charge in [-0.1, -0.05) is 29.8 Å². The van der Waals surface area contributed by atoms with E-state index in [1.165, 1.54) is 0 Å². The number of hydrogen-bond donors (Lipinski definition) is 1. The number of nitrogens with one attached hydrogen (secondary N) is 1. The van der Waals surface area contributed by atoms with Gasteiger partial charge in [-0.25, -0.2) is 9.97 Å². The highest BCUT2D eigenvalue weighted by atomic mass is 35.5. The first-order valence-corrected chi connectivity index (χ1v) is 6.34. The fraction of sp³-hybridized carbons (Fsp3) is 0.0667. The minimum atomic E-state index is 0.732. The third-order valence-corrected chi connectivity index (χ3v) is 3.27. The quantitative estimate of drug-likeness (QED) is 0.764. The lowest BCUT2D eigenvalue weighted by Crippen LogP contribution is -1.94. The van der Waals surface area contributed by atoms with Crippen LogP contribution in [0.1, 0.15) is 0 Å². The lowest BCUT2D eigenvalue weighted by atomic mass is 10.0. The molecule has 0 atom stereocenters. The molecule has 0 saturated heterocycles. The molecule has 0 aliphatic heterocycles. The molecule has 0 unspecified atom stereocenters. The van der Waals surface area contributed by atoms with Crippen LogP contribution in [-0.4, -0.2) is 17.0 Å². The average molecular weight is 270 g/mol. The topological polar surface area (TPSA) is 37.8 Å². The van der Waals surface area contributed by atoms with Gasteiger partial charge in [0.15, 0.2) is 0 Å². The van der Waals surface area contributed by atoms with Crippen LogP contribution < -0.4 is 5.32 Å². The standard InChI is InChI=1S/C15H12ClN3/c1-17-15-13-8-11(5-6-14(13)18-9-19-15)10-3-2-4-12(16)7-10/h2-9H,1H3,(H,17,18,19). The molecule has 3 aromatic rings. The molecule has 0 amide bonds. The summed E-state index contributed by atoms with van der Waals surface area (Å²) in [5, 5.41) is 4.82. The summed E-state index contributed by atoms with van der Waals surface area (Å²) in [5.41, 5.74) is 3.10. The second kappa shape index (κ2) is 4.86. The van der Waals surface area contributed by atoms with Gasteiger partial charge in [0.25, 0.3) is 0 Å². The van der Waals surface area contributed by atoms with E-state index in [1.54, 1.807) is 6.33 Å². The van der Waals surface area contributed by atoms with E-state index in [9.17, 15) is 0 Å². The van der Waals surface area contributed by atoms with Crippen LogP contribution in [0.15, 0.2) is 48.8 Å². The van der Waals surface area contributed by atoms with Gasteiger partial charge in [-0.2, -0.15) is 0 Å². The summed E-state index contributed by atoms with van der Waals surface area (Å²) in [5.74, 6) is 0.828. The number of halogens is 1. The van der Waals surface area contributed by atoms with E-state index >= 15 is 0 Å². The van der Waals surface area contributed by atoms with Crippen LogP contribution in [-0.2, 0) is 0 Å². The zero-order valence-electron chi connectivity index (χ0n) is 10.4. The minimum Gasteiger partial charge on any atom is -0.373 e. The number of rotatable bonds is 2. The van der Waals surface area contributed by atoms with Crippen molar-refractivity contribution in [1.29, 1.82) is 0 Å². The summed E-state index contributed by atoms with van der Waals surface area (Å²) < 4.78 is 0. The molecule has 0 radical (unpaired) electrons. The molecular weight excluding hydrogens is 258 g/mol. The van der Waals surface area contributed by atoms with Crippen LogP contribution >= 0.6 is 11.6 Å². The molecule has 94 valence electrons. The maximum absolute atomic E-state index is 6.03. The third-order valence-electron chi connectivity index (χ3n) is 3.03. The highest BCUT2D eigenvalue weighted by molar-refractivity contribution is 6.30. The highest BCUT2D eigenvalue weighted by Gasteiger charge is 2.05. The lowest BCUT2D eigenvalue weighted by Gasteiger charge is -2.07. The highest BCUT2D eigenvalue weighted by Crippen LogP contribution is 2.28. The summed E-state index contributed by atoms with van der Waals surface area (Å²) in [6, 6.07) is 13.9. The van der Waals surface area contributed by atoms with E-state index in [2.05, 4.69) is 21.4 Å². The summed E-state index contributed by atoms with van der Waals surface area (Å²) in [6.07, 6.45) is 1.56. The minimum absolute atomic E-state index is 0.732. The molecule has 0 aliphatic carbocycles. The average Bonchev–Trinajstić information content (AvgIpc) is 2.46. The van der Waals surface area contributed by atoms with Crippen molar-refractivity contribution in [3.05, 3.63) is 53.8 Å². The molecule has 1 aromatic heterocycles. The van der Waals surface area contributed by atoms with Crippen molar-refractivity contribution in [2.45, 2.75) is 0 Å². The van der Waals surface area contributed by atoms with Gasteiger partial charge in [-0.05, 0) is 35.4 Å². The van der Waals surface area contributed by atoms with Crippen molar-refractivity contribution in [3.8, 4) is 11.1 Å². The maximum Gasteiger partial charge on any atom is 0.137 e. The smallest absolute Gasteiger partial charge is 0.137 e. The van der Waals surface area contributed by atoms with Crippen molar-refractivity contribution < 1.29 is 0 Å². The van der Waals surface area contributed by atoms with Gasteiger partial charge in [0, 0.05) is 17.5 Å². The van der Waals surface area contributed by atoms with Gasteiger partial charge in [-0.3, -0.25) is 0 Å². The molecule has 19 heavy (non-hydrogen) atoms. The maximum atomic E-state index is 6.03. The number of nitrogens with zero attached hydrogens (tertiary/aromatic N) is 2. The fourth-order valence-electron chi connectivity index (χ4n) is 2.10. The molecule has 1 heterocycles. The van der Waals surface area contributed by atoms with Crippen LogP contribution in [0.2, 0.25) is 5.02 Å². The summed E-state index contributed by atoms with van der Waals surface area (Å²) >= 11 is 6.03. The second-order valence-corrected chi connectivity index (χ2v) is 4.65. The summed E-state index contributed by atoms with van der Waals surface area (Å²) in [6.45, 7) is 0. The Hall–Kier alpha value is -2.13. The number of aromatic nitrogens is 2. The molecule has 2 aromatic carbocycles. The van der Waals surface area contributed by atoms with Crippen LogP contribution in [0, 0.1) is 0 Å². The lowest BCUT2D eigenvalue weighted by molar-refractivity contribution is 1.21. The van der Waals surface area contributed by atoms with Gasteiger partial charge in [-0.15, -0.1) is 0 Å². The third kappa shape index (κ3) is 2.25. The molecular formula is C15H12ClN3. The second-order valence-electron chi connectivity index (χ2n) is 4.21. The van der Waals surface area contributed by atoms with E-state index in [0.717, 1.165) is 32.9 Å². The van der Waals surface area contributed by atoms with Gasteiger partial charge >= 0.3 is 0 Å². The number of benzene rings is 2. The van der Waals surface area contributed by atoms with Crippen LogP contribution in [0.25, 0.3) is 22.0 Å². The summed E-state index contributed by atoms with van der Waals surface area (Å²) in [7, 11) is 1.85. The Bertz CT molecular complexity index is 740. The predicted molar refractivity (Wildman–Crippen MR) is 79.5 cm³/mol. The largest absolute Gasteiger partial charge is 0.373 e. The van der Waals surface area contributed by atoms with E-state index in [0.29, 0.717) is 0 Å². The zero-order chi connectivity index (χ0) is 13.2. The molecule has 3 nitrogen and oxygen atoms in total. The first-order valence-electron chi connectivity index (χ1n) is 5.96. The van der Waals surface area contributed by atoms with Gasteiger partial charge in [0.1, 0.15) is 12.1 Å². The molecule has 0 bridgehead atoms. The van der Waals surface area contributed by atoms with E-state index in [4.69, 9.17) is 11.6 Å². The van der Waals surface area contributed by atoms with Crippen molar-refractivity contribution in [3.63, 3.8) is 0 Å². The molecule has 1 N–H and O–H groups in total. The van der Waals surface area contributed by atoms with Crippen molar-refractivity contribution in [2.24, 2.45) is 0 Å². The number of anilines is 1. The van der Waals surface area contributed by atoms with E-state index in [-0.39, 0.29) is 0 Å². The molecule has 4 heteroatoms. The van der Waals surface area contributed by atoms with Gasteiger partial charge in [0.05, 0.1) is 5.52 Å². The Morgan fingerprint density at radius 2 is 1.84 bits per heavy atom. The van der Waals surface area contributed by atoms with Crippen LogP contribution in [0.4, 0.5) is 5.82 Å².